The number of nitrogens with one attached hydrogen (secondary N) is 1. The van der Waals surface area contributed by atoms with Crippen LogP contribution in [0.5, 0.6) is 5.75 Å². The molecule has 0 aliphatic heterocycles. The van der Waals surface area contributed by atoms with Crippen LogP contribution in [0.3, 0.4) is 0 Å². The van der Waals surface area contributed by atoms with Crippen LogP contribution in [0.15, 0.2) is 23.1 Å². The molecule has 0 saturated heterocycles. The van der Waals surface area contributed by atoms with E-state index in [9.17, 15) is 8.42 Å². The van der Waals surface area contributed by atoms with Crippen LogP contribution in [0.1, 0.15) is 13.8 Å². The molecule has 0 aliphatic carbocycles. The van der Waals surface area contributed by atoms with Crippen LogP contribution in [0, 0.1) is 0 Å². The Balaban J connectivity index is 2.89. The monoisotopic (exact) mass is 288 g/mol. The maximum atomic E-state index is 12.1. The Labute approximate surface area is 113 Å². The van der Waals surface area contributed by atoms with Crippen LogP contribution in [0.2, 0.25) is 0 Å². The van der Waals surface area contributed by atoms with Gasteiger partial charge in [-0.25, -0.2) is 13.1 Å². The fourth-order valence-corrected chi connectivity index (χ4v) is 2.67. The average molecular weight is 288 g/mol. The first-order valence-corrected chi connectivity index (χ1v) is 7.59. The average Bonchev–Trinajstić information content (AvgIpc) is 2.37. The summed E-state index contributed by atoms with van der Waals surface area (Å²) in [4.78, 5) is 0.0471. The molecule has 0 unspecified atom stereocenters. The van der Waals surface area contributed by atoms with Crippen molar-refractivity contribution in [3.63, 3.8) is 0 Å². The van der Waals surface area contributed by atoms with E-state index >= 15 is 0 Å². The summed E-state index contributed by atoms with van der Waals surface area (Å²) in [6.07, 6.45) is 0. The quantitative estimate of drug-likeness (QED) is 0.550. The smallest absolute Gasteiger partial charge is 0.244 e. The zero-order valence-electron chi connectivity index (χ0n) is 11.2. The van der Waals surface area contributed by atoms with Crippen LogP contribution >= 0.6 is 0 Å². The number of rotatable bonds is 8. The minimum atomic E-state index is -3.65. The normalized spacial score (nSPS) is 11.5. The topological polar surface area (TPSA) is 90.7 Å². The van der Waals surface area contributed by atoms with E-state index in [1.54, 1.807) is 19.1 Å². The van der Waals surface area contributed by atoms with Crippen molar-refractivity contribution in [3.8, 4) is 5.75 Å². The third kappa shape index (κ3) is 4.70. The van der Waals surface area contributed by atoms with E-state index in [1.165, 1.54) is 6.07 Å². The van der Waals surface area contributed by atoms with E-state index in [-0.39, 0.29) is 11.4 Å². The molecule has 0 fully saturated rings. The molecule has 0 bridgehead atoms. The molecule has 0 saturated carbocycles. The summed E-state index contributed by atoms with van der Waals surface area (Å²) >= 11 is 0. The minimum Gasteiger partial charge on any atom is -0.492 e. The van der Waals surface area contributed by atoms with Crippen molar-refractivity contribution >= 4 is 15.7 Å². The maximum absolute atomic E-state index is 12.1. The van der Waals surface area contributed by atoms with Crippen molar-refractivity contribution in [1.29, 1.82) is 0 Å². The van der Waals surface area contributed by atoms with Crippen molar-refractivity contribution in [3.05, 3.63) is 18.2 Å². The Bertz CT molecular complexity index is 502. The molecule has 1 aromatic carbocycles. The zero-order chi connectivity index (χ0) is 14.3. The molecule has 6 nitrogen and oxygen atoms in total. The Hall–Kier alpha value is -1.31. The second-order valence-electron chi connectivity index (χ2n) is 3.73. The van der Waals surface area contributed by atoms with E-state index in [0.717, 1.165) is 0 Å². The number of anilines is 1. The number of sulfonamides is 1. The summed E-state index contributed by atoms with van der Waals surface area (Å²) in [5.41, 5.74) is 5.99. The molecule has 0 atom stereocenters. The van der Waals surface area contributed by atoms with Crippen LogP contribution in [-0.4, -0.2) is 34.8 Å². The van der Waals surface area contributed by atoms with Crippen LogP contribution in [0.4, 0.5) is 5.69 Å². The Morgan fingerprint density at radius 1 is 1.26 bits per heavy atom. The highest BCUT2D eigenvalue weighted by Crippen LogP contribution is 2.25. The fourth-order valence-electron chi connectivity index (χ4n) is 1.48. The van der Waals surface area contributed by atoms with E-state index < -0.39 is 10.0 Å². The van der Waals surface area contributed by atoms with E-state index in [2.05, 4.69) is 4.72 Å². The maximum Gasteiger partial charge on any atom is 0.244 e. The largest absolute Gasteiger partial charge is 0.492 e. The summed E-state index contributed by atoms with van der Waals surface area (Å²) in [5, 5.41) is 0. The predicted octanol–water partition coefficient (Wildman–Crippen LogP) is 0.982. The van der Waals surface area contributed by atoms with E-state index in [1.807, 2.05) is 6.92 Å². The number of benzene rings is 1. The van der Waals surface area contributed by atoms with Gasteiger partial charge in [0.15, 0.2) is 0 Å². The summed E-state index contributed by atoms with van der Waals surface area (Å²) in [6, 6.07) is 4.54. The molecule has 108 valence electrons. The lowest BCUT2D eigenvalue weighted by Gasteiger charge is -2.12. The molecule has 0 aliphatic rings. The predicted molar refractivity (Wildman–Crippen MR) is 73.7 cm³/mol. The van der Waals surface area contributed by atoms with Crippen LogP contribution in [-0.2, 0) is 14.8 Å². The van der Waals surface area contributed by atoms with Gasteiger partial charge in [-0.3, -0.25) is 0 Å². The van der Waals surface area contributed by atoms with Crippen molar-refractivity contribution in [1.82, 2.24) is 4.72 Å². The molecule has 0 aromatic heterocycles. The first-order valence-electron chi connectivity index (χ1n) is 6.11. The Morgan fingerprint density at radius 3 is 2.63 bits per heavy atom. The summed E-state index contributed by atoms with van der Waals surface area (Å²) in [7, 11) is -3.65. The van der Waals surface area contributed by atoms with Gasteiger partial charge < -0.3 is 15.2 Å². The molecule has 1 rings (SSSR count). The van der Waals surface area contributed by atoms with E-state index in [4.69, 9.17) is 15.2 Å². The number of ether oxygens (including phenoxy) is 2. The van der Waals surface area contributed by atoms with Crippen molar-refractivity contribution in [2.75, 3.05) is 32.1 Å². The summed E-state index contributed by atoms with van der Waals surface area (Å²) in [5.74, 6) is 0.292. The van der Waals surface area contributed by atoms with E-state index in [0.29, 0.717) is 31.3 Å². The van der Waals surface area contributed by atoms with Crippen molar-refractivity contribution in [2.45, 2.75) is 18.7 Å². The number of hydrogen-bond donors (Lipinski definition) is 2. The highest BCUT2D eigenvalue weighted by Gasteiger charge is 2.19. The fraction of sp³-hybridized carbons (Fsp3) is 0.500. The minimum absolute atomic E-state index is 0.0471. The number of nitrogens with two attached hydrogens (primary N) is 1. The molecule has 3 N–H and O–H groups in total. The van der Waals surface area contributed by atoms with Gasteiger partial charge in [-0.05, 0) is 32.0 Å². The van der Waals surface area contributed by atoms with Gasteiger partial charge in [-0.15, -0.1) is 0 Å². The third-order valence-electron chi connectivity index (χ3n) is 2.30. The highest BCUT2D eigenvalue weighted by atomic mass is 32.2. The molecular weight excluding hydrogens is 268 g/mol. The van der Waals surface area contributed by atoms with Crippen molar-refractivity contribution in [2.24, 2.45) is 0 Å². The molecule has 1 aromatic rings. The first kappa shape index (κ1) is 15.7. The molecule has 7 heteroatoms. The Kier molecular flexibility index (Phi) is 6.07. The van der Waals surface area contributed by atoms with Crippen LogP contribution < -0.4 is 15.2 Å². The highest BCUT2D eigenvalue weighted by molar-refractivity contribution is 7.89. The molecule has 0 radical (unpaired) electrons. The summed E-state index contributed by atoms with van der Waals surface area (Å²) in [6.45, 7) is 5.09. The third-order valence-corrected chi connectivity index (χ3v) is 3.78. The first-order chi connectivity index (χ1) is 9.01. The van der Waals surface area contributed by atoms with Crippen molar-refractivity contribution < 1.29 is 17.9 Å². The number of hydrogen-bond acceptors (Lipinski definition) is 5. The van der Waals surface area contributed by atoms with Gasteiger partial charge in [0.1, 0.15) is 10.6 Å². The van der Waals surface area contributed by atoms with Gasteiger partial charge in [0.25, 0.3) is 0 Å². The van der Waals surface area contributed by atoms with Gasteiger partial charge in [0, 0.05) is 18.8 Å². The SMILES string of the molecule is CCOCCNS(=O)(=O)c1cc(N)ccc1OCC. The second kappa shape index (κ2) is 7.32. The van der Waals surface area contributed by atoms with Gasteiger partial charge >= 0.3 is 0 Å². The van der Waals surface area contributed by atoms with Gasteiger partial charge in [-0.2, -0.15) is 0 Å². The standard InChI is InChI=1S/C12H20N2O4S/c1-3-17-8-7-14-19(15,16)12-9-10(13)5-6-11(12)18-4-2/h5-6,9,14H,3-4,7-8,13H2,1-2H3. The lowest BCUT2D eigenvalue weighted by molar-refractivity contribution is 0.153. The Morgan fingerprint density at radius 2 is 2.00 bits per heavy atom. The lowest BCUT2D eigenvalue weighted by atomic mass is 10.3. The van der Waals surface area contributed by atoms with Gasteiger partial charge in [0.05, 0.1) is 13.2 Å². The lowest BCUT2D eigenvalue weighted by Crippen LogP contribution is -2.28. The van der Waals surface area contributed by atoms with Gasteiger partial charge in [-0.1, -0.05) is 0 Å². The molecule has 0 spiro atoms. The second-order valence-corrected chi connectivity index (χ2v) is 5.47. The molecular formula is C12H20N2O4S. The zero-order valence-corrected chi connectivity index (χ0v) is 12.0. The molecule has 0 heterocycles. The number of nitrogen functional groups attached to an aromatic ring is 1. The molecule has 0 amide bonds. The molecule has 19 heavy (non-hydrogen) atoms. The summed E-state index contributed by atoms with van der Waals surface area (Å²) < 4.78 is 37.1. The van der Waals surface area contributed by atoms with Gasteiger partial charge in [0.2, 0.25) is 10.0 Å². The van der Waals surface area contributed by atoms with Crippen LogP contribution in [0.25, 0.3) is 0 Å².